The molecule has 3 aromatic rings. The molecule has 1 amide bonds. The predicted octanol–water partition coefficient (Wildman–Crippen LogP) is 5.48. The van der Waals surface area contributed by atoms with Crippen molar-refractivity contribution in [2.45, 2.75) is 53.0 Å². The summed E-state index contributed by atoms with van der Waals surface area (Å²) in [7, 11) is 0. The summed E-state index contributed by atoms with van der Waals surface area (Å²) in [6.45, 7) is 11.0. The van der Waals surface area contributed by atoms with Gasteiger partial charge in [0.2, 0.25) is 0 Å². The zero-order valence-corrected chi connectivity index (χ0v) is 18.3. The van der Waals surface area contributed by atoms with Gasteiger partial charge >= 0.3 is 0 Å². The fourth-order valence-electron chi connectivity index (χ4n) is 4.42. The van der Waals surface area contributed by atoms with Crippen LogP contribution in [-0.4, -0.2) is 32.7 Å². The smallest absolute Gasteiger partial charge is 0.273 e. The number of phenolic OH excluding ortho intramolecular Hbond substituents is 1. The third-order valence-electron chi connectivity index (χ3n) is 5.95. The number of nitrogens with zero attached hydrogens (tertiary/aromatic N) is 2. The average Bonchev–Trinajstić information content (AvgIpc) is 3.25. The van der Waals surface area contributed by atoms with Crippen LogP contribution in [0, 0.1) is 13.8 Å². The van der Waals surface area contributed by atoms with E-state index in [-0.39, 0.29) is 17.7 Å². The third kappa shape index (κ3) is 3.18. The summed E-state index contributed by atoms with van der Waals surface area (Å²) in [4.78, 5) is 15.1. The second-order valence-corrected chi connectivity index (χ2v) is 8.56. The van der Waals surface area contributed by atoms with E-state index in [2.05, 4.69) is 55.2 Å². The number of fused-ring (bicyclic) bond motifs is 1. The van der Waals surface area contributed by atoms with Crippen molar-refractivity contribution in [2.24, 2.45) is 0 Å². The van der Waals surface area contributed by atoms with Gasteiger partial charge in [-0.1, -0.05) is 51.1 Å². The summed E-state index contributed by atoms with van der Waals surface area (Å²) in [5.41, 5.74) is 6.87. The molecule has 0 bridgehead atoms. The number of amides is 1. The quantitative estimate of drug-likeness (QED) is 0.593. The first kappa shape index (κ1) is 20.2. The summed E-state index contributed by atoms with van der Waals surface area (Å²) in [5.74, 6) is 0.626. The molecule has 5 heteroatoms. The van der Waals surface area contributed by atoms with E-state index in [0.29, 0.717) is 29.4 Å². The van der Waals surface area contributed by atoms with Gasteiger partial charge in [0, 0.05) is 17.7 Å². The van der Waals surface area contributed by atoms with Gasteiger partial charge in [0.25, 0.3) is 5.91 Å². The number of aromatic nitrogens is 2. The number of aryl methyl sites for hydroxylation is 2. The van der Waals surface area contributed by atoms with Crippen molar-refractivity contribution in [1.82, 2.24) is 15.1 Å². The number of carbonyl (C=O) groups excluding carboxylic acids is 1. The summed E-state index contributed by atoms with van der Waals surface area (Å²) >= 11 is 0. The van der Waals surface area contributed by atoms with Crippen LogP contribution in [0.3, 0.4) is 0 Å². The number of hydrogen-bond acceptors (Lipinski definition) is 3. The van der Waals surface area contributed by atoms with Crippen LogP contribution in [0.4, 0.5) is 0 Å². The maximum absolute atomic E-state index is 13.2. The van der Waals surface area contributed by atoms with Gasteiger partial charge in [0.05, 0.1) is 6.04 Å². The molecule has 30 heavy (non-hydrogen) atoms. The lowest BCUT2D eigenvalue weighted by Gasteiger charge is -2.26. The van der Waals surface area contributed by atoms with Crippen LogP contribution in [0.5, 0.6) is 5.75 Å². The van der Waals surface area contributed by atoms with Crippen molar-refractivity contribution < 1.29 is 9.90 Å². The number of phenols is 1. The molecule has 2 aromatic carbocycles. The average molecular weight is 404 g/mol. The van der Waals surface area contributed by atoms with E-state index in [4.69, 9.17) is 0 Å². The molecular weight excluding hydrogens is 374 g/mol. The van der Waals surface area contributed by atoms with Crippen LogP contribution >= 0.6 is 0 Å². The molecule has 1 aliphatic heterocycles. The van der Waals surface area contributed by atoms with Gasteiger partial charge in [-0.3, -0.25) is 9.89 Å². The standard InChI is InChI=1S/C25H29N3O2/c1-6-11-28-23(18-9-7-17(8-10-18)14(2)3)20-21(26-27-22(20)25(28)30)19-13-15(4)12-16(5)24(19)29/h7-10,12-14,23,29H,6,11H2,1-5H3,(H,26,27). The summed E-state index contributed by atoms with van der Waals surface area (Å²) in [6, 6.07) is 12.2. The molecule has 156 valence electrons. The molecule has 0 aliphatic carbocycles. The Bertz CT molecular complexity index is 1100. The van der Waals surface area contributed by atoms with E-state index in [1.807, 2.05) is 30.9 Å². The van der Waals surface area contributed by atoms with Gasteiger partial charge in [0.15, 0.2) is 0 Å². The predicted molar refractivity (Wildman–Crippen MR) is 119 cm³/mol. The third-order valence-corrected chi connectivity index (χ3v) is 5.95. The van der Waals surface area contributed by atoms with E-state index in [1.165, 1.54) is 5.56 Å². The first-order valence-electron chi connectivity index (χ1n) is 10.6. The Balaban J connectivity index is 1.90. The molecule has 4 rings (SSSR count). The zero-order chi connectivity index (χ0) is 21.6. The van der Waals surface area contributed by atoms with Crippen LogP contribution < -0.4 is 0 Å². The van der Waals surface area contributed by atoms with Gasteiger partial charge in [-0.25, -0.2) is 0 Å². The number of hydrogen-bond donors (Lipinski definition) is 2. The van der Waals surface area contributed by atoms with Gasteiger partial charge in [-0.2, -0.15) is 5.10 Å². The molecule has 1 aromatic heterocycles. The molecule has 0 spiro atoms. The maximum Gasteiger partial charge on any atom is 0.273 e. The molecule has 2 heterocycles. The molecule has 5 nitrogen and oxygen atoms in total. The first-order valence-corrected chi connectivity index (χ1v) is 10.6. The largest absolute Gasteiger partial charge is 0.507 e. The van der Waals surface area contributed by atoms with Crippen LogP contribution in [0.2, 0.25) is 0 Å². The Hall–Kier alpha value is -3.08. The molecule has 2 N–H and O–H groups in total. The Labute approximate surface area is 177 Å². The molecule has 1 aliphatic rings. The molecule has 0 fully saturated rings. The van der Waals surface area contributed by atoms with Crippen molar-refractivity contribution in [3.05, 3.63) is 69.9 Å². The summed E-state index contributed by atoms with van der Waals surface area (Å²) in [5, 5.41) is 18.2. The molecule has 1 atom stereocenters. The van der Waals surface area contributed by atoms with Gasteiger partial charge in [0.1, 0.15) is 17.1 Å². The number of aromatic amines is 1. The number of rotatable bonds is 5. The number of H-pyrrole nitrogens is 1. The van der Waals surface area contributed by atoms with Crippen LogP contribution in [0.1, 0.15) is 77.5 Å². The lowest BCUT2D eigenvalue weighted by Crippen LogP contribution is -2.30. The first-order chi connectivity index (χ1) is 14.3. The SMILES string of the molecule is CCCN1C(=O)c2[nH]nc(-c3cc(C)cc(C)c3O)c2C1c1ccc(C(C)C)cc1. The molecule has 0 saturated carbocycles. The van der Waals surface area contributed by atoms with Crippen LogP contribution in [-0.2, 0) is 0 Å². The summed E-state index contributed by atoms with van der Waals surface area (Å²) < 4.78 is 0. The van der Waals surface area contributed by atoms with Crippen molar-refractivity contribution in [2.75, 3.05) is 6.54 Å². The number of benzene rings is 2. The zero-order valence-electron chi connectivity index (χ0n) is 18.3. The van der Waals surface area contributed by atoms with Gasteiger partial charge in [-0.05, 0) is 54.5 Å². The minimum absolute atomic E-state index is 0.0348. The number of aromatic hydroxyl groups is 1. The van der Waals surface area contributed by atoms with E-state index >= 15 is 0 Å². The Morgan fingerprint density at radius 3 is 2.50 bits per heavy atom. The molecule has 0 saturated heterocycles. The van der Waals surface area contributed by atoms with Crippen molar-refractivity contribution in [3.63, 3.8) is 0 Å². The Kier molecular flexibility index (Phi) is 5.14. The van der Waals surface area contributed by atoms with Crippen molar-refractivity contribution in [1.29, 1.82) is 0 Å². The lowest BCUT2D eigenvalue weighted by molar-refractivity contribution is 0.0744. The Morgan fingerprint density at radius 1 is 1.17 bits per heavy atom. The highest BCUT2D eigenvalue weighted by Crippen LogP contribution is 2.45. The fraction of sp³-hybridized carbons (Fsp3) is 0.360. The second kappa shape index (κ2) is 7.63. The van der Waals surface area contributed by atoms with Crippen molar-refractivity contribution in [3.8, 4) is 17.0 Å². The van der Waals surface area contributed by atoms with E-state index < -0.39 is 0 Å². The van der Waals surface area contributed by atoms with E-state index in [0.717, 1.165) is 28.7 Å². The highest BCUT2D eigenvalue weighted by Gasteiger charge is 2.42. The Morgan fingerprint density at radius 2 is 1.87 bits per heavy atom. The molecule has 0 radical (unpaired) electrons. The topological polar surface area (TPSA) is 69.2 Å². The van der Waals surface area contributed by atoms with Crippen molar-refractivity contribution >= 4 is 5.91 Å². The lowest BCUT2D eigenvalue weighted by atomic mass is 9.92. The molecular formula is C25H29N3O2. The highest BCUT2D eigenvalue weighted by atomic mass is 16.3. The van der Waals surface area contributed by atoms with Crippen LogP contribution in [0.25, 0.3) is 11.3 Å². The summed E-state index contributed by atoms with van der Waals surface area (Å²) in [6.07, 6.45) is 0.869. The van der Waals surface area contributed by atoms with E-state index in [9.17, 15) is 9.90 Å². The minimum atomic E-state index is -0.220. The number of nitrogens with one attached hydrogen (secondary N) is 1. The van der Waals surface area contributed by atoms with Gasteiger partial charge < -0.3 is 10.0 Å². The van der Waals surface area contributed by atoms with Crippen LogP contribution in [0.15, 0.2) is 36.4 Å². The normalized spacial score (nSPS) is 15.9. The van der Waals surface area contributed by atoms with Gasteiger partial charge in [-0.15, -0.1) is 0 Å². The number of carbonyl (C=O) groups is 1. The maximum atomic E-state index is 13.2. The highest BCUT2D eigenvalue weighted by molar-refractivity contribution is 6.00. The second-order valence-electron chi connectivity index (χ2n) is 8.56. The van der Waals surface area contributed by atoms with E-state index in [1.54, 1.807) is 0 Å². The monoisotopic (exact) mass is 403 g/mol. The molecule has 1 unspecified atom stereocenters. The fourth-order valence-corrected chi connectivity index (χ4v) is 4.42. The minimum Gasteiger partial charge on any atom is -0.507 e.